The lowest BCUT2D eigenvalue weighted by Gasteiger charge is -1.98. The first-order chi connectivity index (χ1) is 8.29. The Labute approximate surface area is 99.0 Å². The normalized spacial score (nSPS) is 10.9. The summed E-state index contributed by atoms with van der Waals surface area (Å²) in [5, 5.41) is 0. The Bertz CT molecular complexity index is 564. The van der Waals surface area contributed by atoms with Crippen molar-refractivity contribution in [2.45, 2.75) is 6.92 Å². The molecule has 0 saturated carbocycles. The molecule has 0 amide bonds. The monoisotopic (exact) mass is 228 g/mol. The van der Waals surface area contributed by atoms with Crippen LogP contribution in [-0.4, -0.2) is 22.5 Å². The highest BCUT2D eigenvalue weighted by Crippen LogP contribution is 2.09. The Hall–Kier alpha value is -2.23. The fourth-order valence-corrected chi connectivity index (χ4v) is 1.41. The highest BCUT2D eigenvalue weighted by Gasteiger charge is 1.97. The van der Waals surface area contributed by atoms with Gasteiger partial charge in [0, 0.05) is 12.3 Å². The first kappa shape index (κ1) is 11.3. The molecule has 2 rings (SSSR count). The van der Waals surface area contributed by atoms with Crippen LogP contribution in [0.25, 0.3) is 17.1 Å². The second kappa shape index (κ2) is 5.21. The molecule has 0 aliphatic heterocycles. The van der Waals surface area contributed by atoms with Crippen LogP contribution in [-0.2, 0) is 9.53 Å². The van der Waals surface area contributed by atoms with Crippen molar-refractivity contribution in [3.8, 4) is 0 Å². The van der Waals surface area contributed by atoms with Crippen molar-refractivity contribution in [3.05, 3.63) is 42.2 Å². The van der Waals surface area contributed by atoms with Crippen molar-refractivity contribution in [2.75, 3.05) is 6.61 Å². The molecule has 0 radical (unpaired) electrons. The van der Waals surface area contributed by atoms with Gasteiger partial charge in [0.15, 0.2) is 0 Å². The van der Waals surface area contributed by atoms with E-state index in [0.717, 1.165) is 11.0 Å². The molecule has 0 fully saturated rings. The Morgan fingerprint density at radius 1 is 1.35 bits per heavy atom. The standard InChI is InChI=1S/C13H12N2O2/c1-2-17-13(16)8-6-10-5-7-11-12(15-10)4-3-9-14-11/h3-9H,2H2,1H3. The SMILES string of the molecule is CCOC(=O)C=Cc1ccc2ncccc2n1. The van der Waals surface area contributed by atoms with E-state index in [4.69, 9.17) is 4.74 Å². The smallest absolute Gasteiger partial charge is 0.330 e. The summed E-state index contributed by atoms with van der Waals surface area (Å²) in [4.78, 5) is 19.6. The number of hydrogen-bond acceptors (Lipinski definition) is 4. The van der Waals surface area contributed by atoms with Crippen molar-refractivity contribution >= 4 is 23.1 Å². The number of carbonyl (C=O) groups is 1. The number of hydrogen-bond donors (Lipinski definition) is 0. The minimum Gasteiger partial charge on any atom is -0.463 e. The third kappa shape index (κ3) is 2.87. The minimum absolute atomic E-state index is 0.361. The summed E-state index contributed by atoms with van der Waals surface area (Å²) in [5.41, 5.74) is 2.35. The summed E-state index contributed by atoms with van der Waals surface area (Å²) in [6.45, 7) is 2.14. The average molecular weight is 228 g/mol. The van der Waals surface area contributed by atoms with Crippen LogP contribution in [0, 0.1) is 0 Å². The highest BCUT2D eigenvalue weighted by atomic mass is 16.5. The van der Waals surface area contributed by atoms with E-state index in [1.165, 1.54) is 6.08 Å². The van der Waals surface area contributed by atoms with E-state index in [1.54, 1.807) is 19.2 Å². The van der Waals surface area contributed by atoms with Gasteiger partial charge in [0.25, 0.3) is 0 Å². The molecule has 0 bridgehead atoms. The van der Waals surface area contributed by atoms with Gasteiger partial charge in [-0.25, -0.2) is 9.78 Å². The summed E-state index contributed by atoms with van der Waals surface area (Å²) < 4.78 is 4.79. The first-order valence-electron chi connectivity index (χ1n) is 5.36. The summed E-state index contributed by atoms with van der Waals surface area (Å²) >= 11 is 0. The number of carbonyl (C=O) groups excluding carboxylic acids is 1. The van der Waals surface area contributed by atoms with Gasteiger partial charge in [0.05, 0.1) is 23.3 Å². The fraction of sp³-hybridized carbons (Fsp3) is 0.154. The molecule has 0 saturated heterocycles. The molecule has 0 unspecified atom stereocenters. The van der Waals surface area contributed by atoms with E-state index >= 15 is 0 Å². The van der Waals surface area contributed by atoms with Crippen molar-refractivity contribution in [3.63, 3.8) is 0 Å². The molecule has 0 aliphatic rings. The lowest BCUT2D eigenvalue weighted by molar-refractivity contribution is -0.137. The molecule has 0 atom stereocenters. The molecule has 0 aliphatic carbocycles. The van der Waals surface area contributed by atoms with Gasteiger partial charge in [-0.05, 0) is 37.3 Å². The Balaban J connectivity index is 2.22. The van der Waals surface area contributed by atoms with Gasteiger partial charge >= 0.3 is 5.97 Å². The molecule has 2 aromatic rings. The Kier molecular flexibility index (Phi) is 3.45. The number of aromatic nitrogens is 2. The summed E-state index contributed by atoms with van der Waals surface area (Å²) in [6, 6.07) is 7.39. The molecule has 2 heterocycles. The Morgan fingerprint density at radius 3 is 3.06 bits per heavy atom. The third-order valence-electron chi connectivity index (χ3n) is 2.15. The zero-order valence-electron chi connectivity index (χ0n) is 9.46. The largest absolute Gasteiger partial charge is 0.463 e. The van der Waals surface area contributed by atoms with E-state index in [1.807, 2.05) is 24.3 Å². The zero-order chi connectivity index (χ0) is 12.1. The number of ether oxygens (including phenoxy) is 1. The van der Waals surface area contributed by atoms with Crippen molar-refractivity contribution in [1.29, 1.82) is 0 Å². The number of fused-ring (bicyclic) bond motifs is 1. The summed E-state index contributed by atoms with van der Waals surface area (Å²) in [6.07, 6.45) is 4.72. The van der Waals surface area contributed by atoms with Crippen LogP contribution in [0.1, 0.15) is 12.6 Å². The first-order valence-corrected chi connectivity index (χ1v) is 5.36. The van der Waals surface area contributed by atoms with Gasteiger partial charge in [0.1, 0.15) is 0 Å². The molecule has 2 aromatic heterocycles. The number of pyridine rings is 2. The second-order valence-electron chi connectivity index (χ2n) is 3.36. The van der Waals surface area contributed by atoms with Crippen molar-refractivity contribution < 1.29 is 9.53 Å². The third-order valence-corrected chi connectivity index (χ3v) is 2.15. The number of esters is 1. The van der Waals surface area contributed by atoms with E-state index in [0.29, 0.717) is 12.3 Å². The maximum atomic E-state index is 11.1. The summed E-state index contributed by atoms with van der Waals surface area (Å²) in [7, 11) is 0. The topological polar surface area (TPSA) is 52.1 Å². The molecule has 17 heavy (non-hydrogen) atoms. The van der Waals surface area contributed by atoms with Gasteiger partial charge < -0.3 is 4.74 Å². The lowest BCUT2D eigenvalue weighted by Crippen LogP contribution is -1.98. The molecule has 4 heteroatoms. The maximum absolute atomic E-state index is 11.1. The molecular weight excluding hydrogens is 216 g/mol. The van der Waals surface area contributed by atoms with Crippen LogP contribution >= 0.6 is 0 Å². The predicted molar refractivity (Wildman–Crippen MR) is 65.2 cm³/mol. The van der Waals surface area contributed by atoms with Crippen LogP contribution in [0.2, 0.25) is 0 Å². The zero-order valence-corrected chi connectivity index (χ0v) is 9.46. The van der Waals surface area contributed by atoms with E-state index in [2.05, 4.69) is 9.97 Å². The number of nitrogens with zero attached hydrogens (tertiary/aromatic N) is 2. The molecule has 0 N–H and O–H groups in total. The molecule has 0 spiro atoms. The van der Waals surface area contributed by atoms with Gasteiger partial charge in [-0.3, -0.25) is 4.98 Å². The Morgan fingerprint density at radius 2 is 2.24 bits per heavy atom. The van der Waals surface area contributed by atoms with Crippen LogP contribution < -0.4 is 0 Å². The molecule has 4 nitrogen and oxygen atoms in total. The minimum atomic E-state index is -0.361. The van der Waals surface area contributed by atoms with Crippen molar-refractivity contribution in [1.82, 2.24) is 9.97 Å². The summed E-state index contributed by atoms with van der Waals surface area (Å²) in [5.74, 6) is -0.361. The van der Waals surface area contributed by atoms with Gasteiger partial charge in [0.2, 0.25) is 0 Å². The molecule has 86 valence electrons. The van der Waals surface area contributed by atoms with Crippen molar-refractivity contribution in [2.24, 2.45) is 0 Å². The van der Waals surface area contributed by atoms with Gasteiger partial charge in [-0.15, -0.1) is 0 Å². The van der Waals surface area contributed by atoms with Gasteiger partial charge in [-0.2, -0.15) is 0 Å². The fourth-order valence-electron chi connectivity index (χ4n) is 1.41. The van der Waals surface area contributed by atoms with Gasteiger partial charge in [-0.1, -0.05) is 0 Å². The van der Waals surface area contributed by atoms with Crippen LogP contribution in [0.5, 0.6) is 0 Å². The highest BCUT2D eigenvalue weighted by molar-refractivity contribution is 5.87. The predicted octanol–water partition coefficient (Wildman–Crippen LogP) is 2.21. The molecular formula is C13H12N2O2. The quantitative estimate of drug-likeness (QED) is 0.597. The number of rotatable bonds is 3. The average Bonchev–Trinajstić information content (AvgIpc) is 2.36. The second-order valence-corrected chi connectivity index (χ2v) is 3.36. The molecule has 0 aromatic carbocycles. The van der Waals surface area contributed by atoms with E-state index in [-0.39, 0.29) is 5.97 Å². The van der Waals surface area contributed by atoms with E-state index < -0.39 is 0 Å². The van der Waals surface area contributed by atoms with Crippen LogP contribution in [0.4, 0.5) is 0 Å². The van der Waals surface area contributed by atoms with Crippen LogP contribution in [0.3, 0.4) is 0 Å². The maximum Gasteiger partial charge on any atom is 0.330 e. The van der Waals surface area contributed by atoms with E-state index in [9.17, 15) is 4.79 Å². The lowest BCUT2D eigenvalue weighted by atomic mass is 10.2. The van der Waals surface area contributed by atoms with Crippen LogP contribution in [0.15, 0.2) is 36.5 Å².